The van der Waals surface area contributed by atoms with E-state index in [4.69, 9.17) is 16.7 Å². The van der Waals surface area contributed by atoms with E-state index in [2.05, 4.69) is 20.7 Å². The highest BCUT2D eigenvalue weighted by Crippen LogP contribution is 2.25. The Bertz CT molecular complexity index is 603. The molecule has 0 aliphatic rings. The molecule has 20 heavy (non-hydrogen) atoms. The van der Waals surface area contributed by atoms with Gasteiger partial charge in [0, 0.05) is 4.47 Å². The lowest BCUT2D eigenvalue weighted by Gasteiger charge is -2.17. The molecule has 0 aromatic heterocycles. The van der Waals surface area contributed by atoms with Crippen molar-refractivity contribution in [2.75, 3.05) is 0 Å². The van der Waals surface area contributed by atoms with E-state index in [-0.39, 0.29) is 22.3 Å². The molecule has 0 aliphatic carbocycles. The number of nitrogens with one attached hydrogen (secondary N) is 1. The molecule has 1 atom stereocenters. The second-order valence-electron chi connectivity index (χ2n) is 4.72. The minimum absolute atomic E-state index is 0.0283. The van der Waals surface area contributed by atoms with E-state index >= 15 is 0 Å². The summed E-state index contributed by atoms with van der Waals surface area (Å²) in [6, 6.07) is 3.11. The van der Waals surface area contributed by atoms with Crippen molar-refractivity contribution in [2.24, 2.45) is 5.92 Å². The second kappa shape index (κ2) is 6.89. The summed E-state index contributed by atoms with van der Waals surface area (Å²) in [7, 11) is -3.98. The Balaban J connectivity index is 3.06. The normalized spacial score (nSPS) is 13.4. The number of carboxylic acid groups (broad SMARTS) is 1. The smallest absolute Gasteiger partial charge is 0.321 e. The van der Waals surface area contributed by atoms with Gasteiger partial charge >= 0.3 is 5.97 Å². The van der Waals surface area contributed by atoms with Crippen LogP contribution in [0.4, 0.5) is 0 Å². The van der Waals surface area contributed by atoms with Crippen LogP contribution in [0.25, 0.3) is 0 Å². The molecule has 1 aromatic rings. The zero-order valence-electron chi connectivity index (χ0n) is 10.9. The highest BCUT2D eigenvalue weighted by molar-refractivity contribution is 9.10. The topological polar surface area (TPSA) is 83.5 Å². The van der Waals surface area contributed by atoms with Crippen LogP contribution in [0.2, 0.25) is 5.02 Å². The molecular weight excluding hydrogens is 370 g/mol. The Labute approximate surface area is 131 Å². The van der Waals surface area contributed by atoms with Gasteiger partial charge in [0.05, 0.1) is 5.02 Å². The highest BCUT2D eigenvalue weighted by Gasteiger charge is 2.27. The Morgan fingerprint density at radius 1 is 1.45 bits per heavy atom. The number of hydrogen-bond donors (Lipinski definition) is 2. The second-order valence-corrected chi connectivity index (χ2v) is 7.72. The predicted octanol–water partition coefficient (Wildman–Crippen LogP) is 2.88. The van der Waals surface area contributed by atoms with Gasteiger partial charge in [0.15, 0.2) is 0 Å². The van der Waals surface area contributed by atoms with Gasteiger partial charge in [0.25, 0.3) is 0 Å². The van der Waals surface area contributed by atoms with Crippen molar-refractivity contribution in [1.82, 2.24) is 4.72 Å². The van der Waals surface area contributed by atoms with Crippen LogP contribution in [0.1, 0.15) is 20.3 Å². The average molecular weight is 385 g/mol. The van der Waals surface area contributed by atoms with E-state index in [1.165, 1.54) is 18.2 Å². The molecular formula is C12H15BrClNO4S. The monoisotopic (exact) mass is 383 g/mol. The molecule has 5 nitrogen and oxygen atoms in total. The van der Waals surface area contributed by atoms with E-state index in [0.717, 1.165) is 0 Å². The molecule has 0 fully saturated rings. The molecule has 112 valence electrons. The van der Waals surface area contributed by atoms with E-state index in [9.17, 15) is 13.2 Å². The van der Waals surface area contributed by atoms with Crippen molar-refractivity contribution in [3.05, 3.63) is 27.7 Å². The number of rotatable bonds is 6. The van der Waals surface area contributed by atoms with Gasteiger partial charge in [-0.25, -0.2) is 8.42 Å². The number of benzene rings is 1. The number of hydrogen-bond acceptors (Lipinski definition) is 3. The lowest BCUT2D eigenvalue weighted by Crippen LogP contribution is -2.41. The van der Waals surface area contributed by atoms with Gasteiger partial charge < -0.3 is 5.11 Å². The maximum absolute atomic E-state index is 12.2. The molecule has 2 N–H and O–H groups in total. The Morgan fingerprint density at radius 3 is 2.50 bits per heavy atom. The van der Waals surface area contributed by atoms with Gasteiger partial charge in [0.2, 0.25) is 10.0 Å². The molecule has 0 saturated heterocycles. The fourth-order valence-corrected chi connectivity index (χ4v) is 3.85. The summed E-state index contributed by atoms with van der Waals surface area (Å²) in [5.41, 5.74) is 0. The summed E-state index contributed by atoms with van der Waals surface area (Å²) in [4.78, 5) is 11.0. The Morgan fingerprint density at radius 2 is 2.05 bits per heavy atom. The van der Waals surface area contributed by atoms with Crippen LogP contribution in [0.5, 0.6) is 0 Å². The maximum Gasteiger partial charge on any atom is 0.321 e. The quantitative estimate of drug-likeness (QED) is 0.790. The fourth-order valence-electron chi connectivity index (χ4n) is 1.61. The van der Waals surface area contributed by atoms with Crippen LogP contribution in [-0.4, -0.2) is 25.5 Å². The van der Waals surface area contributed by atoms with Gasteiger partial charge in [-0.05, 0) is 30.5 Å². The highest BCUT2D eigenvalue weighted by atomic mass is 79.9. The summed E-state index contributed by atoms with van der Waals surface area (Å²) in [6.07, 6.45) is 0.197. The van der Waals surface area contributed by atoms with E-state index in [1.54, 1.807) is 0 Å². The third-order valence-corrected chi connectivity index (χ3v) is 4.93. The van der Waals surface area contributed by atoms with Gasteiger partial charge in [-0.2, -0.15) is 4.72 Å². The molecule has 0 heterocycles. The number of halogens is 2. The molecule has 0 bridgehead atoms. The van der Waals surface area contributed by atoms with Gasteiger partial charge in [-0.15, -0.1) is 0 Å². The van der Waals surface area contributed by atoms with Gasteiger partial charge in [-0.3, -0.25) is 4.79 Å². The fraction of sp³-hybridized carbons (Fsp3) is 0.417. The van der Waals surface area contributed by atoms with Gasteiger partial charge in [0.1, 0.15) is 10.9 Å². The van der Waals surface area contributed by atoms with Crippen molar-refractivity contribution in [3.63, 3.8) is 0 Å². The van der Waals surface area contributed by atoms with Crippen LogP contribution < -0.4 is 4.72 Å². The average Bonchev–Trinajstić information content (AvgIpc) is 2.26. The molecule has 8 heteroatoms. The van der Waals surface area contributed by atoms with Crippen molar-refractivity contribution in [3.8, 4) is 0 Å². The molecule has 0 unspecified atom stereocenters. The predicted molar refractivity (Wildman–Crippen MR) is 80.4 cm³/mol. The Hall–Kier alpha value is -0.630. The van der Waals surface area contributed by atoms with Crippen LogP contribution >= 0.6 is 27.5 Å². The third kappa shape index (κ3) is 4.73. The van der Waals surface area contributed by atoms with Crippen molar-refractivity contribution in [1.29, 1.82) is 0 Å². The van der Waals surface area contributed by atoms with Gasteiger partial charge in [-0.1, -0.05) is 41.4 Å². The first-order valence-corrected chi connectivity index (χ1v) is 8.49. The summed E-state index contributed by atoms with van der Waals surface area (Å²) in [5, 5.41) is 9.11. The van der Waals surface area contributed by atoms with E-state index < -0.39 is 22.0 Å². The largest absolute Gasteiger partial charge is 0.480 e. The molecule has 1 rings (SSSR count). The van der Waals surface area contributed by atoms with Crippen molar-refractivity contribution < 1.29 is 18.3 Å². The number of carbonyl (C=O) groups is 1. The van der Waals surface area contributed by atoms with Crippen LogP contribution in [0, 0.1) is 5.92 Å². The summed E-state index contributed by atoms with van der Waals surface area (Å²) in [6.45, 7) is 3.63. The van der Waals surface area contributed by atoms with Crippen LogP contribution in [0.15, 0.2) is 27.6 Å². The Kier molecular flexibility index (Phi) is 6.00. The molecule has 0 amide bonds. The summed E-state index contributed by atoms with van der Waals surface area (Å²) >= 11 is 9.06. The van der Waals surface area contributed by atoms with E-state index in [1.807, 2.05) is 13.8 Å². The summed E-state index contributed by atoms with van der Waals surface area (Å²) in [5.74, 6) is -1.17. The SMILES string of the molecule is CC(C)C[C@@H](NS(=O)(=O)c1ccc(Br)cc1Cl)C(=O)O. The zero-order valence-corrected chi connectivity index (χ0v) is 14.1. The zero-order chi connectivity index (χ0) is 15.5. The lowest BCUT2D eigenvalue weighted by molar-refractivity contribution is -0.139. The number of sulfonamides is 1. The number of carboxylic acids is 1. The molecule has 1 aromatic carbocycles. The minimum atomic E-state index is -3.98. The first-order chi connectivity index (χ1) is 9.13. The van der Waals surface area contributed by atoms with Crippen LogP contribution in [0.3, 0.4) is 0 Å². The molecule has 0 radical (unpaired) electrons. The van der Waals surface area contributed by atoms with Crippen molar-refractivity contribution in [2.45, 2.75) is 31.2 Å². The minimum Gasteiger partial charge on any atom is -0.480 e. The van der Waals surface area contributed by atoms with Crippen molar-refractivity contribution >= 4 is 43.5 Å². The first-order valence-electron chi connectivity index (χ1n) is 5.83. The summed E-state index contributed by atoms with van der Waals surface area (Å²) < 4.78 is 27.2. The number of aliphatic carboxylic acids is 1. The maximum atomic E-state index is 12.2. The first kappa shape index (κ1) is 17.4. The molecule has 0 saturated carbocycles. The van der Waals surface area contributed by atoms with E-state index in [0.29, 0.717) is 4.47 Å². The molecule has 0 aliphatic heterocycles. The third-order valence-electron chi connectivity index (χ3n) is 2.49. The standard InChI is InChI=1S/C12H15BrClNO4S/c1-7(2)5-10(12(16)17)15-20(18,19)11-4-3-8(13)6-9(11)14/h3-4,6-7,10,15H,5H2,1-2H3,(H,16,17)/t10-/m1/s1. The molecule has 0 spiro atoms. The van der Waals surface area contributed by atoms with Crippen LogP contribution in [-0.2, 0) is 14.8 Å². The lowest BCUT2D eigenvalue weighted by atomic mass is 10.1.